The zero-order valence-electron chi connectivity index (χ0n) is 11.3. The van der Waals surface area contributed by atoms with E-state index in [1.54, 1.807) is 11.3 Å². The second-order valence-electron chi connectivity index (χ2n) is 4.97. The van der Waals surface area contributed by atoms with E-state index in [1.165, 1.54) is 4.90 Å². The van der Waals surface area contributed by atoms with Gasteiger partial charge in [-0.05, 0) is 0 Å². The number of thiophene rings is 1. The van der Waals surface area contributed by atoms with Crippen LogP contribution < -0.4 is 9.67 Å². The molecular weight excluding hydrogens is 350 g/mol. The number of likely N-dealkylation sites (tertiary alicyclic amines) is 1. The Kier molecular flexibility index (Phi) is 4.31. The number of nitrogens with one attached hydrogen (secondary N) is 1. The van der Waals surface area contributed by atoms with E-state index in [0.717, 1.165) is 20.5 Å². The molecule has 2 aromatic rings. The number of urea groups is 1. The summed E-state index contributed by atoms with van der Waals surface area (Å²) >= 11 is 4.11. The number of nitrogens with zero attached hydrogens (tertiary/aromatic N) is 1. The average molecular weight is 364 g/mol. The first-order valence-corrected chi connectivity index (χ1v) is 8.52. The van der Waals surface area contributed by atoms with Crippen LogP contribution in [0.4, 0.5) is 14.9 Å². The summed E-state index contributed by atoms with van der Waals surface area (Å²) in [6, 6.07) is 9.77. The normalized spacial score (nSPS) is 18.0. The Hall–Kier alpha value is -1.32. The molecule has 1 N–H and O–H groups in total. The molecule has 0 saturated carbocycles. The molecule has 2 heterocycles. The molecular formula is C15H14AsFN2OS. The van der Waals surface area contributed by atoms with E-state index >= 15 is 0 Å². The first kappa shape index (κ1) is 14.6. The van der Waals surface area contributed by atoms with Crippen LogP contribution in [0.25, 0.3) is 10.4 Å². The van der Waals surface area contributed by atoms with Gasteiger partial charge in [0.25, 0.3) is 0 Å². The van der Waals surface area contributed by atoms with Crippen molar-refractivity contribution in [2.24, 2.45) is 0 Å². The molecule has 0 aliphatic carbocycles. The third-order valence-electron chi connectivity index (χ3n) is 3.46. The molecule has 1 saturated heterocycles. The molecule has 1 aliphatic rings. The van der Waals surface area contributed by atoms with E-state index in [2.05, 4.69) is 22.2 Å². The fraction of sp³-hybridized carbons (Fsp3) is 0.267. The number of rotatable bonds is 2. The predicted octanol–water partition coefficient (Wildman–Crippen LogP) is 2.78. The van der Waals surface area contributed by atoms with Crippen LogP contribution in [-0.4, -0.2) is 47.0 Å². The molecule has 0 spiro atoms. The Labute approximate surface area is 135 Å². The average Bonchev–Trinajstić information content (AvgIpc) is 3.12. The van der Waals surface area contributed by atoms with E-state index in [0.29, 0.717) is 13.0 Å². The zero-order chi connectivity index (χ0) is 14.8. The van der Waals surface area contributed by atoms with Crippen molar-refractivity contribution in [3.8, 4) is 10.4 Å². The maximum atomic E-state index is 13.2. The number of benzene rings is 1. The third-order valence-corrected chi connectivity index (χ3v) is 5.20. The van der Waals surface area contributed by atoms with Crippen molar-refractivity contribution < 1.29 is 9.18 Å². The number of carbonyl (C=O) groups is 1. The molecule has 108 valence electrons. The van der Waals surface area contributed by atoms with Gasteiger partial charge >= 0.3 is 135 Å². The van der Waals surface area contributed by atoms with Crippen molar-refractivity contribution in [1.29, 1.82) is 0 Å². The standard InChI is InChI=1S/C15H14AsFN2OS/c16-12-4-3-10(14-2-1-7-21-14)8-13(12)18-15(20)19-6-5-11(17)9-19/h1-4,7-8,11H,5-6,9H2,(H,18,20). The fourth-order valence-electron chi connectivity index (χ4n) is 2.33. The van der Waals surface area contributed by atoms with Gasteiger partial charge in [0.15, 0.2) is 0 Å². The van der Waals surface area contributed by atoms with E-state index in [9.17, 15) is 9.18 Å². The van der Waals surface area contributed by atoms with Crippen molar-refractivity contribution in [2.75, 3.05) is 18.4 Å². The summed E-state index contributed by atoms with van der Waals surface area (Å²) in [6.45, 7) is 0.663. The number of hydrogen-bond acceptors (Lipinski definition) is 2. The topological polar surface area (TPSA) is 32.3 Å². The summed E-state index contributed by atoms with van der Waals surface area (Å²) in [7, 11) is 0. The van der Waals surface area contributed by atoms with Crippen LogP contribution in [0.5, 0.6) is 0 Å². The van der Waals surface area contributed by atoms with Gasteiger partial charge in [0, 0.05) is 0 Å². The van der Waals surface area contributed by atoms with Gasteiger partial charge in [-0.3, -0.25) is 0 Å². The van der Waals surface area contributed by atoms with Crippen molar-refractivity contribution >= 4 is 44.3 Å². The van der Waals surface area contributed by atoms with E-state index < -0.39 is 6.17 Å². The summed E-state index contributed by atoms with van der Waals surface area (Å²) in [5, 5.41) is 4.91. The summed E-state index contributed by atoms with van der Waals surface area (Å²) in [5.41, 5.74) is 1.83. The number of amides is 2. The molecule has 1 atom stereocenters. The molecule has 1 aromatic heterocycles. The molecule has 1 fully saturated rings. The van der Waals surface area contributed by atoms with Gasteiger partial charge in [0.2, 0.25) is 0 Å². The first-order valence-electron chi connectivity index (χ1n) is 6.70. The molecule has 3 rings (SSSR count). The third kappa shape index (κ3) is 3.30. The first-order chi connectivity index (χ1) is 10.1. The van der Waals surface area contributed by atoms with Crippen molar-refractivity contribution in [2.45, 2.75) is 12.6 Å². The van der Waals surface area contributed by atoms with Gasteiger partial charge < -0.3 is 0 Å². The van der Waals surface area contributed by atoms with Crippen molar-refractivity contribution in [3.05, 3.63) is 35.7 Å². The van der Waals surface area contributed by atoms with Gasteiger partial charge in [0.05, 0.1) is 0 Å². The van der Waals surface area contributed by atoms with Crippen LogP contribution in [0.2, 0.25) is 0 Å². The van der Waals surface area contributed by atoms with Crippen molar-refractivity contribution in [3.63, 3.8) is 0 Å². The molecule has 6 heteroatoms. The van der Waals surface area contributed by atoms with Crippen LogP contribution >= 0.6 is 11.3 Å². The number of halogens is 1. The molecule has 21 heavy (non-hydrogen) atoms. The van der Waals surface area contributed by atoms with Gasteiger partial charge in [0.1, 0.15) is 0 Å². The Balaban J connectivity index is 1.78. The number of anilines is 1. The summed E-state index contributed by atoms with van der Waals surface area (Å²) < 4.78 is 14.1. The monoisotopic (exact) mass is 364 g/mol. The summed E-state index contributed by atoms with van der Waals surface area (Å²) in [6.07, 6.45) is -0.470. The molecule has 1 unspecified atom stereocenters. The number of hydrogen-bond donors (Lipinski definition) is 1. The summed E-state index contributed by atoms with van der Waals surface area (Å²) in [4.78, 5) is 14.8. The van der Waals surface area contributed by atoms with Crippen LogP contribution in [0.3, 0.4) is 0 Å². The molecule has 1 aromatic carbocycles. The minimum absolute atomic E-state index is 0.185. The van der Waals surface area contributed by atoms with E-state index in [-0.39, 0.29) is 12.6 Å². The zero-order valence-corrected chi connectivity index (χ0v) is 13.9. The number of alkyl halides is 1. The molecule has 1 aliphatic heterocycles. The molecule has 2 radical (unpaired) electrons. The second-order valence-corrected chi connectivity index (χ2v) is 6.93. The van der Waals surface area contributed by atoms with E-state index in [1.807, 2.05) is 35.7 Å². The van der Waals surface area contributed by atoms with Gasteiger partial charge in [-0.1, -0.05) is 0 Å². The number of carbonyl (C=O) groups excluding carboxylic acids is 1. The van der Waals surface area contributed by atoms with Crippen LogP contribution in [0.1, 0.15) is 6.42 Å². The SMILES string of the molecule is O=C(Nc1cc(-c2cccs2)ccc1[As])N1CCC(F)C1. The Morgan fingerprint density at radius 3 is 2.95 bits per heavy atom. The second kappa shape index (κ2) is 6.20. The van der Waals surface area contributed by atoms with Crippen LogP contribution in [0.15, 0.2) is 35.7 Å². The molecule has 2 amide bonds. The van der Waals surface area contributed by atoms with Crippen LogP contribution in [-0.2, 0) is 0 Å². The molecule has 0 bridgehead atoms. The van der Waals surface area contributed by atoms with Gasteiger partial charge in [-0.25, -0.2) is 0 Å². The Morgan fingerprint density at radius 2 is 2.29 bits per heavy atom. The quantitative estimate of drug-likeness (QED) is 0.817. The predicted molar refractivity (Wildman–Crippen MR) is 85.2 cm³/mol. The van der Waals surface area contributed by atoms with Crippen LogP contribution in [0, 0.1) is 0 Å². The minimum atomic E-state index is -0.898. The van der Waals surface area contributed by atoms with Gasteiger partial charge in [-0.2, -0.15) is 0 Å². The summed E-state index contributed by atoms with van der Waals surface area (Å²) in [5.74, 6) is 0. The van der Waals surface area contributed by atoms with E-state index in [4.69, 9.17) is 0 Å². The Morgan fingerprint density at radius 1 is 1.43 bits per heavy atom. The maximum absolute atomic E-state index is 13.2. The Bertz CT molecular complexity index is 647. The fourth-order valence-corrected chi connectivity index (χ4v) is 3.46. The molecule has 3 nitrogen and oxygen atoms in total. The van der Waals surface area contributed by atoms with Crippen molar-refractivity contribution in [1.82, 2.24) is 4.90 Å². The van der Waals surface area contributed by atoms with Gasteiger partial charge in [-0.15, -0.1) is 0 Å².